The Bertz CT molecular complexity index is 544. The van der Waals surface area contributed by atoms with Crippen LogP contribution in [-0.2, 0) is 13.1 Å². The minimum absolute atomic E-state index is 0.538. The number of hydrogen-bond donors (Lipinski definition) is 1. The van der Waals surface area contributed by atoms with E-state index in [4.69, 9.17) is 14.5 Å². The van der Waals surface area contributed by atoms with Crippen molar-refractivity contribution in [3.63, 3.8) is 0 Å². The van der Waals surface area contributed by atoms with E-state index in [-0.39, 0.29) is 0 Å². The first-order valence-corrected chi connectivity index (χ1v) is 5.51. The Morgan fingerprint density at radius 3 is 2.94 bits per heavy atom. The molecule has 2 aromatic rings. The molecule has 0 unspecified atom stereocenters. The highest BCUT2D eigenvalue weighted by Gasteiger charge is 2.03. The predicted molar refractivity (Wildman–Crippen MR) is 64.8 cm³/mol. The highest BCUT2D eigenvalue weighted by Crippen LogP contribution is 2.19. The van der Waals surface area contributed by atoms with Crippen molar-refractivity contribution < 1.29 is 9.26 Å². The number of hydrogen-bond acceptors (Lipinski definition) is 5. The normalized spacial score (nSPS) is 10.0. The molecule has 18 heavy (non-hydrogen) atoms. The third kappa shape index (κ3) is 2.87. The van der Waals surface area contributed by atoms with E-state index in [9.17, 15) is 0 Å². The van der Waals surface area contributed by atoms with E-state index in [1.807, 2.05) is 18.2 Å². The number of nitrogens with one attached hydrogen (secondary N) is 1. The van der Waals surface area contributed by atoms with E-state index in [0.29, 0.717) is 24.4 Å². The maximum atomic E-state index is 8.88. The van der Waals surface area contributed by atoms with Crippen LogP contribution in [-0.4, -0.2) is 12.3 Å². The number of methoxy groups -OCH3 is 1. The molecule has 0 amide bonds. The fourth-order valence-electron chi connectivity index (χ4n) is 1.60. The zero-order chi connectivity index (χ0) is 12.8. The van der Waals surface area contributed by atoms with Gasteiger partial charge in [-0.15, -0.1) is 0 Å². The molecular weight excluding hydrogens is 230 g/mol. The van der Waals surface area contributed by atoms with Crippen LogP contribution in [0.25, 0.3) is 0 Å². The largest absolute Gasteiger partial charge is 0.495 e. The molecule has 92 valence electrons. The van der Waals surface area contributed by atoms with Gasteiger partial charge in [0.25, 0.3) is 0 Å². The molecule has 1 N–H and O–H groups in total. The molecule has 0 atom stereocenters. The van der Waals surface area contributed by atoms with Gasteiger partial charge in [0.15, 0.2) is 0 Å². The van der Waals surface area contributed by atoms with Crippen LogP contribution in [0.15, 0.2) is 35.0 Å². The Hall–Kier alpha value is -2.32. The van der Waals surface area contributed by atoms with Crippen molar-refractivity contribution in [1.29, 1.82) is 5.26 Å². The standard InChI is InChI=1S/C13H13N3O2/c1-17-13-6-10(2-3-11(13)7-14)8-15-9-12-4-5-16-18-12/h2-6,15H,8-9H2,1H3. The van der Waals surface area contributed by atoms with Crippen LogP contribution in [0.1, 0.15) is 16.9 Å². The molecule has 0 spiro atoms. The first-order chi connectivity index (χ1) is 8.83. The van der Waals surface area contributed by atoms with Gasteiger partial charge in [-0.2, -0.15) is 5.26 Å². The molecule has 0 saturated carbocycles. The zero-order valence-electron chi connectivity index (χ0n) is 10.0. The Balaban J connectivity index is 1.95. The van der Waals surface area contributed by atoms with E-state index in [1.54, 1.807) is 19.4 Å². The summed E-state index contributed by atoms with van der Waals surface area (Å²) < 4.78 is 10.1. The predicted octanol–water partition coefficient (Wildman–Crippen LogP) is 1.84. The topological polar surface area (TPSA) is 71.1 Å². The van der Waals surface area contributed by atoms with Crippen LogP contribution in [0.2, 0.25) is 0 Å². The van der Waals surface area contributed by atoms with E-state index in [1.165, 1.54) is 0 Å². The second-order valence-electron chi connectivity index (χ2n) is 3.73. The summed E-state index contributed by atoms with van der Waals surface area (Å²) >= 11 is 0. The minimum Gasteiger partial charge on any atom is -0.495 e. The van der Waals surface area contributed by atoms with Gasteiger partial charge in [-0.05, 0) is 17.7 Å². The summed E-state index contributed by atoms with van der Waals surface area (Å²) in [5.74, 6) is 1.38. The molecule has 1 heterocycles. The summed E-state index contributed by atoms with van der Waals surface area (Å²) in [4.78, 5) is 0. The second kappa shape index (κ2) is 5.84. The van der Waals surface area contributed by atoms with Crippen LogP contribution >= 0.6 is 0 Å². The molecule has 0 aliphatic carbocycles. The van der Waals surface area contributed by atoms with Crippen molar-refractivity contribution >= 4 is 0 Å². The van der Waals surface area contributed by atoms with Crippen molar-refractivity contribution in [3.05, 3.63) is 47.3 Å². The Morgan fingerprint density at radius 2 is 2.28 bits per heavy atom. The van der Waals surface area contributed by atoms with Crippen LogP contribution < -0.4 is 10.1 Å². The van der Waals surface area contributed by atoms with E-state index < -0.39 is 0 Å². The van der Waals surface area contributed by atoms with Crippen LogP contribution in [0, 0.1) is 11.3 Å². The number of nitrogens with zero attached hydrogens (tertiary/aromatic N) is 2. The van der Waals surface area contributed by atoms with Crippen molar-refractivity contribution in [2.24, 2.45) is 0 Å². The molecule has 0 fully saturated rings. The summed E-state index contributed by atoms with van der Waals surface area (Å²) in [6.45, 7) is 1.28. The van der Waals surface area contributed by atoms with Crippen molar-refractivity contribution in [2.75, 3.05) is 7.11 Å². The van der Waals surface area contributed by atoms with Gasteiger partial charge in [-0.3, -0.25) is 0 Å². The van der Waals surface area contributed by atoms with Crippen molar-refractivity contribution in [2.45, 2.75) is 13.1 Å². The molecule has 1 aromatic carbocycles. The van der Waals surface area contributed by atoms with E-state index >= 15 is 0 Å². The monoisotopic (exact) mass is 243 g/mol. The van der Waals surface area contributed by atoms with Gasteiger partial charge in [-0.1, -0.05) is 11.2 Å². The van der Waals surface area contributed by atoms with Gasteiger partial charge >= 0.3 is 0 Å². The molecule has 0 aliphatic rings. The van der Waals surface area contributed by atoms with Crippen LogP contribution in [0.4, 0.5) is 0 Å². The fraction of sp³-hybridized carbons (Fsp3) is 0.231. The third-order valence-corrected chi connectivity index (χ3v) is 2.51. The highest BCUT2D eigenvalue weighted by atomic mass is 16.5. The summed E-state index contributed by atoms with van der Waals surface area (Å²) in [6, 6.07) is 9.40. The number of nitriles is 1. The van der Waals surface area contributed by atoms with Gasteiger partial charge in [0.1, 0.15) is 17.6 Å². The Morgan fingerprint density at radius 1 is 1.39 bits per heavy atom. The summed E-state index contributed by atoms with van der Waals surface area (Å²) in [6.07, 6.45) is 1.61. The molecule has 0 aliphatic heterocycles. The fourth-order valence-corrected chi connectivity index (χ4v) is 1.60. The summed E-state index contributed by atoms with van der Waals surface area (Å²) in [5.41, 5.74) is 1.59. The lowest BCUT2D eigenvalue weighted by Crippen LogP contribution is -2.12. The van der Waals surface area contributed by atoms with Gasteiger partial charge in [-0.25, -0.2) is 0 Å². The summed E-state index contributed by atoms with van der Waals surface area (Å²) in [7, 11) is 1.56. The Labute approximate surface area is 105 Å². The average Bonchev–Trinajstić information content (AvgIpc) is 2.91. The highest BCUT2D eigenvalue weighted by molar-refractivity contribution is 5.45. The maximum Gasteiger partial charge on any atom is 0.150 e. The molecule has 5 heteroatoms. The van der Waals surface area contributed by atoms with Gasteiger partial charge in [0.2, 0.25) is 0 Å². The molecule has 1 aromatic heterocycles. The minimum atomic E-state index is 0.538. The second-order valence-corrected chi connectivity index (χ2v) is 3.73. The number of ether oxygens (including phenoxy) is 1. The third-order valence-electron chi connectivity index (χ3n) is 2.51. The first kappa shape index (κ1) is 12.1. The quantitative estimate of drug-likeness (QED) is 0.867. The molecule has 0 bridgehead atoms. The molecular formula is C13H13N3O2. The Kier molecular flexibility index (Phi) is 3.94. The van der Waals surface area contributed by atoms with Gasteiger partial charge in [0, 0.05) is 12.6 Å². The lowest BCUT2D eigenvalue weighted by atomic mass is 10.1. The van der Waals surface area contributed by atoms with Crippen molar-refractivity contribution in [1.82, 2.24) is 10.5 Å². The smallest absolute Gasteiger partial charge is 0.150 e. The van der Waals surface area contributed by atoms with E-state index in [2.05, 4.69) is 16.5 Å². The lowest BCUT2D eigenvalue weighted by Gasteiger charge is -2.06. The average molecular weight is 243 g/mol. The number of aromatic nitrogens is 1. The molecule has 2 rings (SSSR count). The van der Waals surface area contributed by atoms with Gasteiger partial charge in [0.05, 0.1) is 25.4 Å². The first-order valence-electron chi connectivity index (χ1n) is 5.51. The van der Waals surface area contributed by atoms with Crippen LogP contribution in [0.3, 0.4) is 0 Å². The zero-order valence-corrected chi connectivity index (χ0v) is 10.0. The van der Waals surface area contributed by atoms with Crippen molar-refractivity contribution in [3.8, 4) is 11.8 Å². The molecule has 0 radical (unpaired) electrons. The van der Waals surface area contributed by atoms with Crippen LogP contribution in [0.5, 0.6) is 5.75 Å². The SMILES string of the molecule is COc1cc(CNCc2ccno2)ccc1C#N. The summed E-state index contributed by atoms with van der Waals surface area (Å²) in [5, 5.41) is 15.7. The molecule has 0 saturated heterocycles. The molecule has 5 nitrogen and oxygen atoms in total. The lowest BCUT2D eigenvalue weighted by molar-refractivity contribution is 0.372. The van der Waals surface area contributed by atoms with E-state index in [0.717, 1.165) is 11.3 Å². The maximum absolute atomic E-state index is 8.88. The number of benzene rings is 1. The van der Waals surface area contributed by atoms with Gasteiger partial charge < -0.3 is 14.6 Å². The number of rotatable bonds is 5.